The quantitative estimate of drug-likeness (QED) is 0.632. The predicted octanol–water partition coefficient (Wildman–Crippen LogP) is 4.28. The smallest absolute Gasteiger partial charge is 0.395 e. The maximum atomic E-state index is 13.8. The molecular weight excluding hydrogens is 413 g/mol. The summed E-state index contributed by atoms with van der Waals surface area (Å²) in [4.78, 5) is 16.6. The van der Waals surface area contributed by atoms with Gasteiger partial charge in [-0.3, -0.25) is 4.79 Å². The van der Waals surface area contributed by atoms with Crippen molar-refractivity contribution in [2.75, 3.05) is 10.6 Å². The molecule has 1 aliphatic heterocycles. The zero-order chi connectivity index (χ0) is 22.0. The second-order valence-corrected chi connectivity index (χ2v) is 6.49. The number of carbonyl (C=O) groups is 1. The highest BCUT2D eigenvalue weighted by atomic mass is 19.3. The lowest BCUT2D eigenvalue weighted by Crippen LogP contribution is -2.25. The number of hydrogen-bond donors (Lipinski definition) is 2. The summed E-state index contributed by atoms with van der Waals surface area (Å²) in [5.74, 6) is -1.52. The van der Waals surface area contributed by atoms with Crippen LogP contribution >= 0.6 is 0 Å². The molecule has 10 heteroatoms. The third kappa shape index (κ3) is 4.51. The Morgan fingerprint density at radius 1 is 1.10 bits per heavy atom. The minimum Gasteiger partial charge on any atom is -0.395 e. The fourth-order valence-corrected chi connectivity index (χ4v) is 2.93. The summed E-state index contributed by atoms with van der Waals surface area (Å²) in [6.07, 6.45) is -2.30. The third-order valence-corrected chi connectivity index (χ3v) is 4.31. The molecule has 0 unspecified atom stereocenters. The number of hydrogen-bond acceptors (Lipinski definition) is 6. The molecule has 0 saturated carbocycles. The zero-order valence-electron chi connectivity index (χ0n) is 15.7. The first-order chi connectivity index (χ1) is 14.8. The predicted molar refractivity (Wildman–Crippen MR) is 103 cm³/mol. The molecule has 4 rings (SSSR count). The van der Waals surface area contributed by atoms with Crippen LogP contribution < -0.4 is 20.1 Å². The third-order valence-electron chi connectivity index (χ3n) is 4.31. The van der Waals surface area contributed by atoms with E-state index in [0.29, 0.717) is 5.56 Å². The molecule has 0 saturated heterocycles. The number of halogens is 3. The Hall–Kier alpha value is -4.26. The number of benzene rings is 2. The van der Waals surface area contributed by atoms with Crippen molar-refractivity contribution in [1.82, 2.24) is 4.98 Å². The van der Waals surface area contributed by atoms with Crippen LogP contribution in [0.1, 0.15) is 21.6 Å². The molecule has 2 aromatic carbocycles. The standard InChI is InChI=1S/C21H13F3N4O3/c22-13-1-3-16(17(8-13)27-11-12-5-6-26-15(7-12)10-25)20(29)28-14-2-4-18-19(9-14)31-21(23,24)30-18/h1-9,27H,11H2,(H,28,29). The van der Waals surface area contributed by atoms with Crippen LogP contribution in [-0.2, 0) is 6.54 Å². The molecule has 0 atom stereocenters. The van der Waals surface area contributed by atoms with Gasteiger partial charge in [0.15, 0.2) is 11.5 Å². The molecular formula is C21H13F3N4O3. The van der Waals surface area contributed by atoms with E-state index in [9.17, 15) is 18.0 Å². The molecule has 2 heterocycles. The fraction of sp³-hybridized carbons (Fsp3) is 0.0952. The average molecular weight is 426 g/mol. The highest BCUT2D eigenvalue weighted by Crippen LogP contribution is 2.42. The van der Waals surface area contributed by atoms with Gasteiger partial charge in [-0.15, -0.1) is 8.78 Å². The molecule has 0 radical (unpaired) electrons. The maximum absolute atomic E-state index is 13.8. The van der Waals surface area contributed by atoms with Gasteiger partial charge in [0.25, 0.3) is 5.91 Å². The summed E-state index contributed by atoms with van der Waals surface area (Å²) in [7, 11) is 0. The number of pyridine rings is 1. The number of aromatic nitrogens is 1. The number of fused-ring (bicyclic) bond motifs is 1. The summed E-state index contributed by atoms with van der Waals surface area (Å²) in [5.41, 5.74) is 1.45. The van der Waals surface area contributed by atoms with Crippen molar-refractivity contribution < 1.29 is 27.4 Å². The number of amides is 1. The first-order valence-electron chi connectivity index (χ1n) is 8.93. The first kappa shape index (κ1) is 20.0. The Labute approximate surface area is 174 Å². The van der Waals surface area contributed by atoms with Crippen LogP contribution in [0.15, 0.2) is 54.7 Å². The van der Waals surface area contributed by atoms with Crippen molar-refractivity contribution in [3.05, 3.63) is 77.4 Å². The van der Waals surface area contributed by atoms with E-state index in [2.05, 4.69) is 25.1 Å². The number of nitrogens with zero attached hydrogens (tertiary/aromatic N) is 2. The number of alkyl halides is 2. The van der Waals surface area contributed by atoms with Crippen molar-refractivity contribution in [1.29, 1.82) is 5.26 Å². The Morgan fingerprint density at radius 2 is 1.90 bits per heavy atom. The van der Waals surface area contributed by atoms with Gasteiger partial charge in [0.05, 0.1) is 11.3 Å². The fourth-order valence-electron chi connectivity index (χ4n) is 2.93. The molecule has 156 valence electrons. The van der Waals surface area contributed by atoms with Gasteiger partial charge in [0.1, 0.15) is 17.6 Å². The lowest BCUT2D eigenvalue weighted by molar-refractivity contribution is -0.286. The Morgan fingerprint density at radius 3 is 2.71 bits per heavy atom. The summed E-state index contributed by atoms with van der Waals surface area (Å²) < 4.78 is 48.8. The summed E-state index contributed by atoms with van der Waals surface area (Å²) in [5, 5.41) is 14.4. The summed E-state index contributed by atoms with van der Waals surface area (Å²) >= 11 is 0. The van der Waals surface area contributed by atoms with Gasteiger partial charge in [-0.2, -0.15) is 5.26 Å². The number of carbonyl (C=O) groups excluding carboxylic acids is 1. The van der Waals surface area contributed by atoms with Crippen molar-refractivity contribution in [3.8, 4) is 17.6 Å². The second-order valence-electron chi connectivity index (χ2n) is 6.49. The Kier molecular flexibility index (Phi) is 5.09. The highest BCUT2D eigenvalue weighted by Gasteiger charge is 2.43. The van der Waals surface area contributed by atoms with Gasteiger partial charge in [-0.05, 0) is 48.0 Å². The van der Waals surface area contributed by atoms with E-state index < -0.39 is 18.0 Å². The van der Waals surface area contributed by atoms with E-state index in [0.717, 1.165) is 12.1 Å². The Bertz CT molecular complexity index is 1210. The van der Waals surface area contributed by atoms with Crippen LogP contribution in [0.2, 0.25) is 0 Å². The Balaban J connectivity index is 1.52. The number of rotatable bonds is 5. The van der Waals surface area contributed by atoms with Gasteiger partial charge < -0.3 is 20.1 Å². The molecule has 31 heavy (non-hydrogen) atoms. The monoisotopic (exact) mass is 426 g/mol. The zero-order valence-corrected chi connectivity index (χ0v) is 15.7. The molecule has 1 amide bonds. The number of nitrogens with one attached hydrogen (secondary N) is 2. The molecule has 7 nitrogen and oxygen atoms in total. The van der Waals surface area contributed by atoms with Crippen LogP contribution in [0.3, 0.4) is 0 Å². The average Bonchev–Trinajstić information content (AvgIpc) is 3.05. The normalized spacial score (nSPS) is 13.4. The van der Waals surface area contributed by atoms with Crippen LogP contribution in [0.5, 0.6) is 11.5 Å². The number of ether oxygens (including phenoxy) is 2. The van der Waals surface area contributed by atoms with E-state index in [1.807, 2.05) is 6.07 Å². The van der Waals surface area contributed by atoms with E-state index >= 15 is 0 Å². The summed E-state index contributed by atoms with van der Waals surface area (Å²) in [6, 6.07) is 12.6. The minimum absolute atomic E-state index is 0.124. The van der Waals surface area contributed by atoms with Crippen molar-refractivity contribution in [2.45, 2.75) is 12.8 Å². The minimum atomic E-state index is -3.77. The molecule has 3 aromatic rings. The summed E-state index contributed by atoms with van der Waals surface area (Å²) in [6.45, 7) is 0.208. The number of anilines is 2. The number of nitriles is 1. The van der Waals surface area contributed by atoms with Gasteiger partial charge >= 0.3 is 6.29 Å². The molecule has 0 spiro atoms. The van der Waals surface area contributed by atoms with Gasteiger partial charge in [-0.25, -0.2) is 9.37 Å². The SMILES string of the molecule is N#Cc1cc(CNc2cc(F)ccc2C(=O)Nc2ccc3c(c2)OC(F)(F)O3)ccn1. The van der Waals surface area contributed by atoms with Crippen LogP contribution in [0.25, 0.3) is 0 Å². The molecule has 0 aliphatic carbocycles. The molecule has 0 bridgehead atoms. The van der Waals surface area contributed by atoms with Crippen LogP contribution in [0.4, 0.5) is 24.5 Å². The van der Waals surface area contributed by atoms with Gasteiger partial charge in [-0.1, -0.05) is 0 Å². The topological polar surface area (TPSA) is 96.3 Å². The second kappa shape index (κ2) is 7.87. The lowest BCUT2D eigenvalue weighted by Gasteiger charge is -2.13. The maximum Gasteiger partial charge on any atom is 0.586 e. The van der Waals surface area contributed by atoms with E-state index in [-0.39, 0.29) is 40.7 Å². The van der Waals surface area contributed by atoms with Gasteiger partial charge in [0.2, 0.25) is 0 Å². The van der Waals surface area contributed by atoms with Crippen molar-refractivity contribution in [3.63, 3.8) is 0 Å². The van der Waals surface area contributed by atoms with Crippen molar-refractivity contribution >= 4 is 17.3 Å². The van der Waals surface area contributed by atoms with Crippen molar-refractivity contribution in [2.24, 2.45) is 0 Å². The molecule has 0 fully saturated rings. The first-order valence-corrected chi connectivity index (χ1v) is 8.93. The molecule has 1 aromatic heterocycles. The highest BCUT2D eigenvalue weighted by molar-refractivity contribution is 6.08. The van der Waals surface area contributed by atoms with E-state index in [1.54, 1.807) is 12.1 Å². The van der Waals surface area contributed by atoms with Crippen LogP contribution in [0, 0.1) is 17.1 Å². The van der Waals surface area contributed by atoms with E-state index in [4.69, 9.17) is 5.26 Å². The van der Waals surface area contributed by atoms with Gasteiger partial charge in [0, 0.05) is 24.5 Å². The van der Waals surface area contributed by atoms with E-state index in [1.165, 1.54) is 30.5 Å². The molecule has 1 aliphatic rings. The largest absolute Gasteiger partial charge is 0.586 e. The van der Waals surface area contributed by atoms with Crippen LogP contribution in [-0.4, -0.2) is 17.2 Å². The molecule has 2 N–H and O–H groups in total. The lowest BCUT2D eigenvalue weighted by atomic mass is 10.1.